The van der Waals surface area contributed by atoms with Crippen LogP contribution in [0.15, 0.2) is 12.3 Å². The maximum absolute atomic E-state index is 12.4. The third-order valence-electron chi connectivity index (χ3n) is 1.41. The first kappa shape index (κ1) is 10.4. The van der Waals surface area contributed by atoms with Crippen molar-refractivity contribution in [2.75, 3.05) is 0 Å². The van der Waals surface area contributed by atoms with Crippen LogP contribution >= 0.6 is 0 Å². The molecule has 0 aliphatic heterocycles. The SMILES string of the molecule is O=C(O)c1cc(F)ncc1C(F)(F)F. The van der Waals surface area contributed by atoms with E-state index in [0.29, 0.717) is 0 Å². The smallest absolute Gasteiger partial charge is 0.418 e. The number of alkyl halides is 3. The normalized spacial score (nSPS) is 11.4. The lowest BCUT2D eigenvalue weighted by atomic mass is 10.1. The maximum Gasteiger partial charge on any atom is 0.418 e. The van der Waals surface area contributed by atoms with Crippen LogP contribution in [-0.4, -0.2) is 16.1 Å². The molecule has 0 aromatic carbocycles. The molecule has 7 heteroatoms. The molecule has 0 aliphatic carbocycles. The van der Waals surface area contributed by atoms with E-state index >= 15 is 0 Å². The molecule has 0 saturated carbocycles. The van der Waals surface area contributed by atoms with Gasteiger partial charge in [-0.25, -0.2) is 9.78 Å². The van der Waals surface area contributed by atoms with E-state index in [1.54, 1.807) is 0 Å². The number of aromatic carboxylic acids is 1. The molecule has 0 amide bonds. The zero-order chi connectivity index (χ0) is 10.9. The van der Waals surface area contributed by atoms with E-state index in [-0.39, 0.29) is 12.3 Å². The summed E-state index contributed by atoms with van der Waals surface area (Å²) in [5.41, 5.74) is -2.61. The van der Waals surface area contributed by atoms with Crippen LogP contribution in [-0.2, 0) is 6.18 Å². The first-order valence-electron chi connectivity index (χ1n) is 3.28. The minimum atomic E-state index is -4.85. The number of rotatable bonds is 1. The van der Waals surface area contributed by atoms with Crippen molar-refractivity contribution in [3.05, 3.63) is 29.3 Å². The summed E-state index contributed by atoms with van der Waals surface area (Å²) in [7, 11) is 0. The molecular weight excluding hydrogens is 206 g/mol. The number of pyridine rings is 1. The van der Waals surface area contributed by atoms with Crippen molar-refractivity contribution < 1.29 is 27.5 Å². The maximum atomic E-state index is 12.4. The van der Waals surface area contributed by atoms with E-state index < -0.39 is 29.2 Å². The van der Waals surface area contributed by atoms with Gasteiger partial charge < -0.3 is 5.11 Å². The average molecular weight is 209 g/mol. The van der Waals surface area contributed by atoms with Crippen LogP contribution in [0, 0.1) is 5.95 Å². The van der Waals surface area contributed by atoms with Gasteiger partial charge in [0, 0.05) is 12.3 Å². The van der Waals surface area contributed by atoms with Gasteiger partial charge in [-0.15, -0.1) is 0 Å². The highest BCUT2D eigenvalue weighted by Crippen LogP contribution is 2.31. The molecule has 76 valence electrons. The summed E-state index contributed by atoms with van der Waals surface area (Å²) in [6.45, 7) is 0. The first-order valence-corrected chi connectivity index (χ1v) is 3.28. The lowest BCUT2D eigenvalue weighted by Gasteiger charge is -2.08. The molecule has 0 radical (unpaired) electrons. The van der Waals surface area contributed by atoms with Gasteiger partial charge in [-0.1, -0.05) is 0 Å². The Morgan fingerprint density at radius 1 is 1.43 bits per heavy atom. The molecule has 14 heavy (non-hydrogen) atoms. The van der Waals surface area contributed by atoms with Crippen molar-refractivity contribution in [2.24, 2.45) is 0 Å². The molecule has 0 fully saturated rings. The molecule has 1 N–H and O–H groups in total. The van der Waals surface area contributed by atoms with E-state index in [2.05, 4.69) is 4.98 Å². The largest absolute Gasteiger partial charge is 0.478 e. The molecule has 0 bridgehead atoms. The summed E-state index contributed by atoms with van der Waals surface area (Å²) in [5.74, 6) is -3.12. The van der Waals surface area contributed by atoms with E-state index in [1.165, 1.54) is 0 Å². The number of aromatic nitrogens is 1. The monoisotopic (exact) mass is 209 g/mol. The Morgan fingerprint density at radius 3 is 2.43 bits per heavy atom. The van der Waals surface area contributed by atoms with Gasteiger partial charge in [0.05, 0.1) is 11.1 Å². The summed E-state index contributed by atoms with van der Waals surface area (Å²) >= 11 is 0. The highest BCUT2D eigenvalue weighted by Gasteiger charge is 2.36. The zero-order valence-corrected chi connectivity index (χ0v) is 6.47. The Bertz CT molecular complexity index is 374. The second-order valence-electron chi connectivity index (χ2n) is 2.36. The summed E-state index contributed by atoms with van der Waals surface area (Å²) in [5, 5.41) is 8.36. The minimum Gasteiger partial charge on any atom is -0.478 e. The van der Waals surface area contributed by atoms with E-state index in [9.17, 15) is 22.4 Å². The highest BCUT2D eigenvalue weighted by atomic mass is 19.4. The third kappa shape index (κ3) is 1.98. The number of carbonyl (C=O) groups is 1. The molecule has 1 aromatic rings. The van der Waals surface area contributed by atoms with Crippen LogP contribution in [0.1, 0.15) is 15.9 Å². The fourth-order valence-electron chi connectivity index (χ4n) is 0.833. The Balaban J connectivity index is 3.37. The quantitative estimate of drug-likeness (QED) is 0.567. The van der Waals surface area contributed by atoms with Gasteiger partial charge in [0.25, 0.3) is 0 Å². The number of halogens is 4. The molecule has 0 aliphatic rings. The molecule has 0 atom stereocenters. The van der Waals surface area contributed by atoms with Gasteiger partial charge in [0.1, 0.15) is 0 Å². The summed E-state index contributed by atoms with van der Waals surface area (Å²) in [6, 6.07) is 0.227. The van der Waals surface area contributed by atoms with Crippen molar-refractivity contribution in [1.82, 2.24) is 4.98 Å². The van der Waals surface area contributed by atoms with Crippen molar-refractivity contribution >= 4 is 5.97 Å². The molecule has 3 nitrogen and oxygen atoms in total. The summed E-state index contributed by atoms with van der Waals surface area (Å²) < 4.78 is 48.7. The number of nitrogens with zero attached hydrogens (tertiary/aromatic N) is 1. The Kier molecular flexibility index (Phi) is 2.41. The van der Waals surface area contributed by atoms with Crippen LogP contribution in [0.4, 0.5) is 17.6 Å². The number of hydrogen-bond donors (Lipinski definition) is 1. The predicted octanol–water partition coefficient (Wildman–Crippen LogP) is 1.94. The highest BCUT2D eigenvalue weighted by molar-refractivity contribution is 5.89. The van der Waals surface area contributed by atoms with Gasteiger partial charge in [-0.05, 0) is 0 Å². The molecule has 1 heterocycles. The Hall–Kier alpha value is -1.66. The van der Waals surface area contributed by atoms with Crippen LogP contribution < -0.4 is 0 Å². The van der Waals surface area contributed by atoms with Crippen molar-refractivity contribution in [3.8, 4) is 0 Å². The van der Waals surface area contributed by atoms with Crippen molar-refractivity contribution in [1.29, 1.82) is 0 Å². The lowest BCUT2D eigenvalue weighted by molar-refractivity contribution is -0.138. The van der Waals surface area contributed by atoms with Gasteiger partial charge in [-0.2, -0.15) is 17.6 Å². The first-order chi connectivity index (χ1) is 6.32. The van der Waals surface area contributed by atoms with Crippen LogP contribution in [0.25, 0.3) is 0 Å². The fourth-order valence-corrected chi connectivity index (χ4v) is 0.833. The second-order valence-corrected chi connectivity index (χ2v) is 2.36. The number of carboxylic acids is 1. The number of hydrogen-bond acceptors (Lipinski definition) is 2. The Labute approximate surface area is 75.0 Å². The minimum absolute atomic E-state index is 0.152. The molecule has 0 spiro atoms. The van der Waals surface area contributed by atoms with Gasteiger partial charge in [0.15, 0.2) is 0 Å². The second kappa shape index (κ2) is 3.24. The Morgan fingerprint density at radius 2 is 2.00 bits per heavy atom. The average Bonchev–Trinajstić information content (AvgIpc) is 2.01. The summed E-state index contributed by atoms with van der Waals surface area (Å²) in [4.78, 5) is 13.1. The summed E-state index contributed by atoms with van der Waals surface area (Å²) in [6.07, 6.45) is -4.70. The van der Waals surface area contributed by atoms with Crippen molar-refractivity contribution in [2.45, 2.75) is 6.18 Å². The topological polar surface area (TPSA) is 50.2 Å². The predicted molar refractivity (Wildman–Crippen MR) is 36.2 cm³/mol. The standard InChI is InChI=1S/C7H3F4NO2/c8-5-1-3(6(13)14)4(2-12-5)7(9,10)11/h1-2H,(H,13,14). The van der Waals surface area contributed by atoms with Crippen LogP contribution in [0.2, 0.25) is 0 Å². The fraction of sp³-hybridized carbons (Fsp3) is 0.143. The molecule has 1 aromatic heterocycles. The lowest BCUT2D eigenvalue weighted by Crippen LogP contribution is -2.14. The van der Waals surface area contributed by atoms with Gasteiger partial charge in [0.2, 0.25) is 5.95 Å². The third-order valence-corrected chi connectivity index (χ3v) is 1.41. The molecule has 0 saturated heterocycles. The number of carboxylic acid groups (broad SMARTS) is 1. The molecular formula is C7H3F4NO2. The van der Waals surface area contributed by atoms with Crippen LogP contribution in [0.5, 0.6) is 0 Å². The van der Waals surface area contributed by atoms with Crippen molar-refractivity contribution in [3.63, 3.8) is 0 Å². The molecule has 0 unspecified atom stereocenters. The van der Waals surface area contributed by atoms with Gasteiger partial charge in [-0.3, -0.25) is 0 Å². The molecule has 1 rings (SSSR count). The van der Waals surface area contributed by atoms with E-state index in [4.69, 9.17) is 5.11 Å². The van der Waals surface area contributed by atoms with Gasteiger partial charge >= 0.3 is 12.1 Å². The van der Waals surface area contributed by atoms with E-state index in [0.717, 1.165) is 0 Å². The van der Waals surface area contributed by atoms with E-state index in [1.807, 2.05) is 0 Å². The van der Waals surface area contributed by atoms with Crippen LogP contribution in [0.3, 0.4) is 0 Å². The zero-order valence-electron chi connectivity index (χ0n) is 6.47.